The van der Waals surface area contributed by atoms with Crippen molar-refractivity contribution in [2.24, 2.45) is 0 Å². The van der Waals surface area contributed by atoms with Crippen LogP contribution in [0.5, 0.6) is 5.75 Å². The maximum atomic E-state index is 12.9. The van der Waals surface area contributed by atoms with Crippen LogP contribution in [0.4, 0.5) is 10.5 Å². The quantitative estimate of drug-likeness (QED) is 0.406. The lowest BCUT2D eigenvalue weighted by atomic mass is 9.83. The Hall–Kier alpha value is -2.18. The molecule has 0 N–H and O–H groups in total. The number of rotatable bonds is 4. The minimum atomic E-state index is -0.564. The van der Waals surface area contributed by atoms with Crippen LogP contribution in [0, 0.1) is 0 Å². The molecular weight excluding hydrogens is 463 g/mol. The molecular formula is C25H22Cl2N2O2S. The molecule has 1 fully saturated rings. The van der Waals surface area contributed by atoms with E-state index in [1.807, 2.05) is 54.6 Å². The molecule has 7 heteroatoms. The number of hydrogen-bond donors (Lipinski definition) is 1. The molecule has 0 radical (unpaired) electrons. The second-order valence-corrected chi connectivity index (χ2v) is 9.46. The number of halogens is 2. The first kappa shape index (κ1) is 21.7. The Balaban J connectivity index is 1.52. The topological polar surface area (TPSA) is 32.8 Å². The largest absolute Gasteiger partial charge is 0.429 e. The number of para-hydroxylation sites is 2. The Morgan fingerprint density at radius 1 is 1.00 bits per heavy atom. The molecule has 3 aromatic carbocycles. The molecule has 1 amide bonds. The standard InChI is InChI=1S/C25H22Cl2N2O2S/c26-16-12-20-21(14-28(17-10-11-17)15-22(20)23(27)13-16)19-8-4-5-9-24(19)29(32)25(30)31-18-6-2-1-3-7-18/h1-9,12-13,17,21,32H,10-11,14-15H2. The molecule has 1 aliphatic heterocycles. The summed E-state index contributed by atoms with van der Waals surface area (Å²) in [6.07, 6.45) is 1.85. The Bertz CT molecular complexity index is 1150. The van der Waals surface area contributed by atoms with E-state index in [1.54, 1.807) is 12.1 Å². The molecule has 164 valence electrons. The van der Waals surface area contributed by atoms with Crippen LogP contribution in [0.25, 0.3) is 0 Å². The van der Waals surface area contributed by atoms with Gasteiger partial charge in [-0.3, -0.25) is 4.90 Å². The van der Waals surface area contributed by atoms with Crippen molar-refractivity contribution in [3.63, 3.8) is 0 Å². The lowest BCUT2D eigenvalue weighted by Gasteiger charge is -2.37. The zero-order valence-corrected chi connectivity index (χ0v) is 19.7. The van der Waals surface area contributed by atoms with Gasteiger partial charge >= 0.3 is 6.09 Å². The normalized spacial score (nSPS) is 18.2. The van der Waals surface area contributed by atoms with Gasteiger partial charge in [0, 0.05) is 35.1 Å². The van der Waals surface area contributed by atoms with Gasteiger partial charge in [0.2, 0.25) is 0 Å². The Morgan fingerprint density at radius 3 is 2.47 bits per heavy atom. The van der Waals surface area contributed by atoms with Gasteiger partial charge in [0.15, 0.2) is 0 Å². The molecule has 1 heterocycles. The first-order chi connectivity index (χ1) is 15.5. The minimum Gasteiger partial charge on any atom is -0.409 e. The van der Waals surface area contributed by atoms with Crippen molar-refractivity contribution in [2.75, 3.05) is 10.8 Å². The van der Waals surface area contributed by atoms with Crippen molar-refractivity contribution >= 4 is 47.8 Å². The molecule has 32 heavy (non-hydrogen) atoms. The first-order valence-corrected chi connectivity index (χ1v) is 11.7. The molecule has 0 spiro atoms. The van der Waals surface area contributed by atoms with E-state index >= 15 is 0 Å². The third-order valence-corrected chi connectivity index (χ3v) is 7.01. The zero-order chi connectivity index (χ0) is 22.2. The average Bonchev–Trinajstić information content (AvgIpc) is 3.64. The molecule has 1 saturated carbocycles. The lowest BCUT2D eigenvalue weighted by molar-refractivity contribution is 0.212. The molecule has 3 aromatic rings. The molecule has 0 bridgehead atoms. The Labute approximate surface area is 203 Å². The Kier molecular flexibility index (Phi) is 6.08. The Morgan fingerprint density at radius 2 is 1.72 bits per heavy atom. The number of thiol groups is 1. The predicted molar refractivity (Wildman–Crippen MR) is 132 cm³/mol. The number of hydrogen-bond acceptors (Lipinski definition) is 4. The van der Waals surface area contributed by atoms with Crippen LogP contribution in [0.15, 0.2) is 66.7 Å². The highest BCUT2D eigenvalue weighted by molar-refractivity contribution is 7.82. The van der Waals surface area contributed by atoms with Gasteiger partial charge in [-0.2, -0.15) is 0 Å². The second-order valence-electron chi connectivity index (χ2n) is 8.22. The number of carbonyl (C=O) groups excluding carboxylic acids is 1. The van der Waals surface area contributed by atoms with Crippen molar-refractivity contribution < 1.29 is 9.53 Å². The highest BCUT2D eigenvalue weighted by atomic mass is 35.5. The maximum absolute atomic E-state index is 12.9. The van der Waals surface area contributed by atoms with Crippen molar-refractivity contribution in [3.05, 3.63) is 93.5 Å². The van der Waals surface area contributed by atoms with E-state index in [4.69, 9.17) is 27.9 Å². The van der Waals surface area contributed by atoms with Crippen LogP contribution in [-0.4, -0.2) is 23.6 Å². The van der Waals surface area contributed by atoms with E-state index in [0.717, 1.165) is 29.8 Å². The average molecular weight is 485 g/mol. The number of nitrogens with zero attached hydrogens (tertiary/aromatic N) is 2. The van der Waals surface area contributed by atoms with E-state index in [9.17, 15) is 4.79 Å². The van der Waals surface area contributed by atoms with E-state index in [0.29, 0.717) is 27.5 Å². The zero-order valence-electron chi connectivity index (χ0n) is 17.2. The van der Waals surface area contributed by atoms with Crippen molar-refractivity contribution in [2.45, 2.75) is 31.3 Å². The third kappa shape index (κ3) is 4.35. The van der Waals surface area contributed by atoms with Gasteiger partial charge < -0.3 is 4.74 Å². The smallest absolute Gasteiger partial charge is 0.409 e. The number of anilines is 1. The van der Waals surface area contributed by atoms with Crippen LogP contribution in [-0.2, 0) is 6.54 Å². The summed E-state index contributed by atoms with van der Waals surface area (Å²) in [6, 6.07) is 21.2. The van der Waals surface area contributed by atoms with Crippen molar-refractivity contribution in [1.82, 2.24) is 4.90 Å². The summed E-state index contributed by atoms with van der Waals surface area (Å²) >= 11 is 17.5. The monoisotopic (exact) mass is 484 g/mol. The van der Waals surface area contributed by atoms with E-state index in [2.05, 4.69) is 17.7 Å². The van der Waals surface area contributed by atoms with Gasteiger partial charge in [0.05, 0.1) is 5.69 Å². The number of benzene rings is 3. The molecule has 0 saturated heterocycles. The molecule has 2 aliphatic rings. The summed E-state index contributed by atoms with van der Waals surface area (Å²) in [4.78, 5) is 15.3. The van der Waals surface area contributed by atoms with Gasteiger partial charge in [0.25, 0.3) is 0 Å². The van der Waals surface area contributed by atoms with Crippen molar-refractivity contribution in [1.29, 1.82) is 0 Å². The summed E-state index contributed by atoms with van der Waals surface area (Å²) in [5.41, 5.74) is 3.87. The van der Waals surface area contributed by atoms with Gasteiger partial charge in [-0.25, -0.2) is 9.10 Å². The predicted octanol–water partition coefficient (Wildman–Crippen LogP) is 6.95. The van der Waals surface area contributed by atoms with Crippen molar-refractivity contribution in [3.8, 4) is 5.75 Å². The van der Waals surface area contributed by atoms with Crippen LogP contribution in [0.1, 0.15) is 35.4 Å². The fourth-order valence-corrected chi connectivity index (χ4v) is 5.18. The van der Waals surface area contributed by atoms with E-state index in [1.165, 1.54) is 17.1 Å². The number of amides is 1. The fourth-order valence-electron chi connectivity index (χ4n) is 4.39. The van der Waals surface area contributed by atoms with Gasteiger partial charge in [0.1, 0.15) is 5.75 Å². The van der Waals surface area contributed by atoms with Gasteiger partial charge in [-0.05, 0) is 59.9 Å². The highest BCUT2D eigenvalue weighted by Gasteiger charge is 2.37. The summed E-state index contributed by atoms with van der Waals surface area (Å²) < 4.78 is 6.78. The van der Waals surface area contributed by atoms with Crippen LogP contribution < -0.4 is 9.04 Å². The summed E-state index contributed by atoms with van der Waals surface area (Å²) in [5.74, 6) is 0.474. The summed E-state index contributed by atoms with van der Waals surface area (Å²) in [6.45, 7) is 1.65. The molecule has 1 atom stereocenters. The minimum absolute atomic E-state index is 0.00549. The van der Waals surface area contributed by atoms with Crippen LogP contribution in [0.2, 0.25) is 10.0 Å². The SMILES string of the molecule is O=C(Oc1ccccc1)N(S)c1ccccc1C1CN(C2CC2)Cc2c(Cl)cc(Cl)cc21. The third-order valence-electron chi connectivity index (χ3n) is 6.07. The molecule has 1 aliphatic carbocycles. The van der Waals surface area contributed by atoms with E-state index < -0.39 is 6.09 Å². The highest BCUT2D eigenvalue weighted by Crippen LogP contribution is 2.44. The molecule has 5 rings (SSSR count). The first-order valence-electron chi connectivity index (χ1n) is 10.6. The molecule has 1 unspecified atom stereocenters. The number of fused-ring (bicyclic) bond motifs is 1. The van der Waals surface area contributed by atoms with Crippen LogP contribution >= 0.6 is 36.0 Å². The van der Waals surface area contributed by atoms with Crippen LogP contribution in [0.3, 0.4) is 0 Å². The fraction of sp³-hybridized carbons (Fsp3) is 0.240. The lowest BCUT2D eigenvalue weighted by Crippen LogP contribution is -2.36. The number of carbonyl (C=O) groups is 1. The number of ether oxygens (including phenoxy) is 1. The molecule has 4 nitrogen and oxygen atoms in total. The van der Waals surface area contributed by atoms with Gasteiger partial charge in [-0.1, -0.05) is 72.4 Å². The van der Waals surface area contributed by atoms with Gasteiger partial charge in [-0.15, -0.1) is 0 Å². The summed E-state index contributed by atoms with van der Waals surface area (Å²) in [7, 11) is 0. The second kappa shape index (κ2) is 8.99. The van der Waals surface area contributed by atoms with E-state index in [-0.39, 0.29) is 5.92 Å². The summed E-state index contributed by atoms with van der Waals surface area (Å²) in [5, 5.41) is 1.30. The maximum Gasteiger partial charge on any atom is 0.429 e. The molecule has 0 aromatic heterocycles.